The van der Waals surface area contributed by atoms with Crippen molar-refractivity contribution in [3.8, 4) is 5.75 Å². The number of benzene rings is 2. The highest BCUT2D eigenvalue weighted by molar-refractivity contribution is 7.91. The van der Waals surface area contributed by atoms with Crippen LogP contribution in [0.25, 0.3) is 10.8 Å². The summed E-state index contributed by atoms with van der Waals surface area (Å²) in [4.78, 5) is 24.8. The summed E-state index contributed by atoms with van der Waals surface area (Å²) in [5.41, 5.74) is 1.95. The number of aromatic nitrogens is 1. The fraction of sp³-hybridized carbons (Fsp3) is 0.333. The number of rotatable bonds is 7. The van der Waals surface area contributed by atoms with E-state index in [9.17, 15) is 18.0 Å². The summed E-state index contributed by atoms with van der Waals surface area (Å²) in [5, 5.41) is 1.89. The summed E-state index contributed by atoms with van der Waals surface area (Å²) >= 11 is 0. The van der Waals surface area contributed by atoms with Crippen molar-refractivity contribution >= 4 is 32.4 Å². The SMILES string of the molecule is Cc1cc(C(=O)COC(=O)COc2cccc3ccccc23)c(C)n1C1CCS(=O)(=O)C1. The molecule has 1 unspecified atom stereocenters. The molecule has 2 heterocycles. The molecule has 0 N–H and O–H groups in total. The molecular formula is C24H25NO6S. The molecule has 0 spiro atoms. The van der Waals surface area contributed by atoms with E-state index in [0.717, 1.165) is 16.5 Å². The molecule has 0 radical (unpaired) electrons. The molecule has 0 aliphatic carbocycles. The van der Waals surface area contributed by atoms with Crippen molar-refractivity contribution in [3.63, 3.8) is 0 Å². The average molecular weight is 456 g/mol. The number of carbonyl (C=O) groups is 2. The van der Waals surface area contributed by atoms with E-state index >= 15 is 0 Å². The Morgan fingerprint density at radius 1 is 1.06 bits per heavy atom. The van der Waals surface area contributed by atoms with Crippen molar-refractivity contribution < 1.29 is 27.5 Å². The van der Waals surface area contributed by atoms with Crippen molar-refractivity contribution in [2.24, 2.45) is 0 Å². The Balaban J connectivity index is 1.36. The number of ether oxygens (including phenoxy) is 2. The van der Waals surface area contributed by atoms with Gasteiger partial charge < -0.3 is 14.0 Å². The third-order valence-corrected chi connectivity index (χ3v) is 7.57. The quantitative estimate of drug-likeness (QED) is 0.400. The number of aryl methyl sites for hydroxylation is 1. The molecule has 3 aromatic rings. The number of Topliss-reactive ketones (excluding diaryl/α,β-unsaturated/α-hetero) is 1. The molecule has 2 aromatic carbocycles. The van der Waals surface area contributed by atoms with Crippen LogP contribution in [0.15, 0.2) is 48.5 Å². The minimum Gasteiger partial charge on any atom is -0.481 e. The summed E-state index contributed by atoms with van der Waals surface area (Å²) in [7, 11) is -3.04. The number of carbonyl (C=O) groups excluding carboxylic acids is 2. The number of hydrogen-bond donors (Lipinski definition) is 0. The number of ketones is 1. The van der Waals surface area contributed by atoms with Gasteiger partial charge >= 0.3 is 5.97 Å². The monoisotopic (exact) mass is 455 g/mol. The molecular weight excluding hydrogens is 430 g/mol. The molecule has 8 heteroatoms. The lowest BCUT2D eigenvalue weighted by Crippen LogP contribution is -2.20. The molecule has 1 atom stereocenters. The van der Waals surface area contributed by atoms with Gasteiger partial charge in [-0.3, -0.25) is 4.79 Å². The van der Waals surface area contributed by atoms with Crippen molar-refractivity contribution in [2.75, 3.05) is 24.7 Å². The average Bonchev–Trinajstić information content (AvgIpc) is 3.27. The minimum atomic E-state index is -3.04. The normalized spacial score (nSPS) is 17.4. The lowest BCUT2D eigenvalue weighted by atomic mass is 10.1. The number of nitrogens with zero attached hydrogens (tertiary/aromatic N) is 1. The van der Waals surface area contributed by atoms with Gasteiger partial charge in [-0.25, -0.2) is 13.2 Å². The van der Waals surface area contributed by atoms with E-state index in [1.54, 1.807) is 19.1 Å². The van der Waals surface area contributed by atoms with Crippen LogP contribution in [-0.4, -0.2) is 49.5 Å². The van der Waals surface area contributed by atoms with E-state index in [1.807, 2.05) is 47.9 Å². The molecule has 168 valence electrons. The fourth-order valence-electron chi connectivity index (χ4n) is 4.32. The van der Waals surface area contributed by atoms with Crippen LogP contribution in [0.4, 0.5) is 0 Å². The lowest BCUT2D eigenvalue weighted by molar-refractivity contribution is -0.144. The molecule has 0 saturated carbocycles. The molecule has 1 fully saturated rings. The van der Waals surface area contributed by atoms with E-state index in [1.165, 1.54) is 0 Å². The minimum absolute atomic E-state index is 0.0808. The maximum Gasteiger partial charge on any atom is 0.344 e. The van der Waals surface area contributed by atoms with Gasteiger partial charge in [0.1, 0.15) is 5.75 Å². The molecule has 0 bridgehead atoms. The van der Waals surface area contributed by atoms with E-state index < -0.39 is 22.4 Å². The van der Waals surface area contributed by atoms with Gasteiger partial charge in [0.15, 0.2) is 23.1 Å². The Morgan fingerprint density at radius 2 is 1.81 bits per heavy atom. The van der Waals surface area contributed by atoms with Crippen molar-refractivity contribution in [2.45, 2.75) is 26.3 Å². The Hall–Kier alpha value is -3.13. The lowest BCUT2D eigenvalue weighted by Gasteiger charge is -2.16. The molecule has 0 amide bonds. The van der Waals surface area contributed by atoms with Crippen molar-refractivity contribution in [1.29, 1.82) is 0 Å². The Morgan fingerprint density at radius 3 is 2.56 bits per heavy atom. The highest BCUT2D eigenvalue weighted by atomic mass is 32.2. The van der Waals surface area contributed by atoms with Crippen LogP contribution in [0, 0.1) is 13.8 Å². The Kier molecular flexibility index (Phi) is 6.06. The van der Waals surface area contributed by atoms with Gasteiger partial charge in [0.05, 0.1) is 11.5 Å². The highest BCUT2D eigenvalue weighted by Crippen LogP contribution is 2.29. The summed E-state index contributed by atoms with van der Waals surface area (Å²) in [6.45, 7) is 2.93. The van der Waals surface area contributed by atoms with E-state index in [2.05, 4.69) is 0 Å². The first-order valence-electron chi connectivity index (χ1n) is 10.4. The van der Waals surface area contributed by atoms with Crippen LogP contribution in [-0.2, 0) is 19.4 Å². The number of fused-ring (bicyclic) bond motifs is 1. The first-order chi connectivity index (χ1) is 15.2. The van der Waals surface area contributed by atoms with Crippen molar-refractivity contribution in [3.05, 3.63) is 65.5 Å². The van der Waals surface area contributed by atoms with Gasteiger partial charge in [0.25, 0.3) is 0 Å². The number of hydrogen-bond acceptors (Lipinski definition) is 6. The first-order valence-corrected chi connectivity index (χ1v) is 12.3. The van der Waals surface area contributed by atoms with Crippen LogP contribution in [0.3, 0.4) is 0 Å². The maximum absolute atomic E-state index is 12.7. The van der Waals surface area contributed by atoms with E-state index in [0.29, 0.717) is 23.4 Å². The maximum atomic E-state index is 12.7. The predicted molar refractivity (Wildman–Crippen MR) is 121 cm³/mol. The van der Waals surface area contributed by atoms with Gasteiger partial charge in [0, 0.05) is 28.4 Å². The van der Waals surface area contributed by atoms with E-state index in [4.69, 9.17) is 9.47 Å². The molecule has 1 aromatic heterocycles. The Labute approximate surface area is 186 Å². The topological polar surface area (TPSA) is 91.7 Å². The van der Waals surface area contributed by atoms with Crippen LogP contribution in [0.2, 0.25) is 0 Å². The summed E-state index contributed by atoms with van der Waals surface area (Å²) in [6, 6.07) is 14.8. The van der Waals surface area contributed by atoms with Gasteiger partial charge in [-0.2, -0.15) is 0 Å². The van der Waals surface area contributed by atoms with Crippen molar-refractivity contribution in [1.82, 2.24) is 4.57 Å². The van der Waals surface area contributed by atoms with Gasteiger partial charge in [-0.05, 0) is 37.8 Å². The van der Waals surface area contributed by atoms with Gasteiger partial charge in [0.2, 0.25) is 5.78 Å². The largest absolute Gasteiger partial charge is 0.481 e. The molecule has 1 saturated heterocycles. The molecule has 1 aliphatic rings. The molecule has 4 rings (SSSR count). The standard InChI is InChI=1S/C24H25NO6S/c1-16-12-21(17(2)25(16)19-10-11-32(28,29)15-19)22(26)13-31-24(27)14-30-23-9-5-7-18-6-3-4-8-20(18)23/h3-9,12,19H,10-11,13-15H2,1-2H3. The first kappa shape index (κ1) is 22.1. The summed E-state index contributed by atoms with van der Waals surface area (Å²) in [6.07, 6.45) is 0.535. The fourth-order valence-corrected chi connectivity index (χ4v) is 6.02. The smallest absolute Gasteiger partial charge is 0.344 e. The van der Waals surface area contributed by atoms with Crippen LogP contribution < -0.4 is 4.74 Å². The van der Waals surface area contributed by atoms with Gasteiger partial charge in [-0.1, -0.05) is 36.4 Å². The summed E-state index contributed by atoms with van der Waals surface area (Å²) < 4.78 is 36.3. The highest BCUT2D eigenvalue weighted by Gasteiger charge is 2.31. The van der Waals surface area contributed by atoms with Crippen LogP contribution >= 0.6 is 0 Å². The van der Waals surface area contributed by atoms with Crippen LogP contribution in [0.5, 0.6) is 5.75 Å². The second kappa shape index (κ2) is 8.78. The zero-order chi connectivity index (χ0) is 22.9. The van der Waals surface area contributed by atoms with Gasteiger partial charge in [-0.15, -0.1) is 0 Å². The Bertz CT molecular complexity index is 1290. The predicted octanol–water partition coefficient (Wildman–Crippen LogP) is 3.42. The van der Waals surface area contributed by atoms with E-state index in [-0.39, 0.29) is 29.9 Å². The second-order valence-corrected chi connectivity index (χ2v) is 10.3. The third-order valence-electron chi connectivity index (χ3n) is 5.82. The second-order valence-electron chi connectivity index (χ2n) is 8.06. The zero-order valence-corrected chi connectivity index (χ0v) is 18.9. The third kappa shape index (κ3) is 4.55. The molecule has 1 aliphatic heterocycles. The number of esters is 1. The summed E-state index contributed by atoms with van der Waals surface area (Å²) in [5.74, 6) is -0.156. The molecule has 32 heavy (non-hydrogen) atoms. The number of sulfone groups is 1. The molecule has 7 nitrogen and oxygen atoms in total. The zero-order valence-electron chi connectivity index (χ0n) is 18.0. The van der Waals surface area contributed by atoms with Crippen LogP contribution in [0.1, 0.15) is 34.2 Å².